The van der Waals surface area contributed by atoms with Crippen molar-refractivity contribution in [2.75, 3.05) is 7.11 Å². The molecule has 1 aliphatic rings. The van der Waals surface area contributed by atoms with E-state index in [4.69, 9.17) is 0 Å². The second-order valence-electron chi connectivity index (χ2n) is 2.47. The summed E-state index contributed by atoms with van der Waals surface area (Å²) in [5, 5.41) is 0. The summed E-state index contributed by atoms with van der Waals surface area (Å²) in [4.78, 5) is 21.4. The first-order valence-corrected chi connectivity index (χ1v) is 4.84. The van der Waals surface area contributed by atoms with Crippen molar-refractivity contribution in [3.63, 3.8) is 0 Å². The Balaban J connectivity index is 2.61. The van der Waals surface area contributed by atoms with E-state index in [1.54, 1.807) is 0 Å². The molecule has 12 heavy (non-hydrogen) atoms. The van der Waals surface area contributed by atoms with Crippen molar-refractivity contribution >= 4 is 20.0 Å². The summed E-state index contributed by atoms with van der Waals surface area (Å²) in [6.45, 7) is 0. The number of carbonyl (C=O) groups excluding carboxylic acids is 2. The highest BCUT2D eigenvalue weighted by atomic mass is 31.1. The van der Waals surface area contributed by atoms with E-state index in [0.717, 1.165) is 0 Å². The molecular weight excluding hydrogens is 183 g/mol. The first-order chi connectivity index (χ1) is 5.63. The zero-order valence-electron chi connectivity index (χ0n) is 6.53. The molecule has 0 saturated carbocycles. The normalized spacial score (nSPS) is 22.1. The lowest BCUT2D eigenvalue weighted by molar-refractivity contribution is -0.162. The van der Waals surface area contributed by atoms with Gasteiger partial charge < -0.3 is 9.26 Å². The maximum absolute atomic E-state index is 11.1. The van der Waals surface area contributed by atoms with Gasteiger partial charge in [0.05, 0.1) is 18.5 Å². The number of carbonyl (C=O) groups is 2. The first kappa shape index (κ1) is 9.42. The minimum Gasteiger partial charge on any atom is -0.393 e. The van der Waals surface area contributed by atoms with Crippen molar-refractivity contribution in [1.82, 2.24) is 0 Å². The number of hydrogen-bond acceptors (Lipinski definition) is 5. The molecule has 0 amide bonds. The van der Waals surface area contributed by atoms with E-state index in [2.05, 4.69) is 9.26 Å². The molecule has 1 unspecified atom stereocenters. The molecule has 0 N–H and O–H groups in total. The zero-order chi connectivity index (χ0) is 9.14. The van der Waals surface area contributed by atoms with Crippen molar-refractivity contribution < 1.29 is 23.4 Å². The van der Waals surface area contributed by atoms with Crippen LogP contribution in [0.25, 0.3) is 0 Å². The highest BCUT2D eigenvalue weighted by molar-refractivity contribution is 7.40. The molecule has 1 rings (SSSR count). The summed E-state index contributed by atoms with van der Waals surface area (Å²) in [6, 6.07) is 0. The van der Waals surface area contributed by atoms with Crippen molar-refractivity contribution in [3.05, 3.63) is 0 Å². The molecule has 0 spiro atoms. The number of hydrogen-bond donors (Lipinski definition) is 0. The van der Waals surface area contributed by atoms with Gasteiger partial charge in [0.1, 0.15) is 0 Å². The lowest BCUT2D eigenvalue weighted by Crippen LogP contribution is -2.27. The van der Waals surface area contributed by atoms with Crippen molar-refractivity contribution in [1.29, 1.82) is 0 Å². The van der Waals surface area contributed by atoms with E-state index in [0.29, 0.717) is 0 Å². The van der Waals surface area contributed by atoms with E-state index in [1.807, 2.05) is 0 Å². The third-order valence-electron chi connectivity index (χ3n) is 1.59. The largest absolute Gasteiger partial charge is 0.393 e. The third kappa shape index (κ3) is 2.16. The van der Waals surface area contributed by atoms with Crippen LogP contribution in [0.15, 0.2) is 0 Å². The Bertz CT molecular complexity index is 220. The molecule has 0 bridgehead atoms. The Morgan fingerprint density at radius 1 is 1.42 bits per heavy atom. The minimum absolute atomic E-state index is 0.0113. The van der Waals surface area contributed by atoms with Crippen LogP contribution in [0.2, 0.25) is 0 Å². The predicted molar refractivity (Wildman–Crippen MR) is 40.1 cm³/mol. The van der Waals surface area contributed by atoms with Gasteiger partial charge in [0, 0.05) is 7.11 Å². The zero-order valence-corrected chi connectivity index (χ0v) is 7.53. The Hall–Kier alpha value is -0.670. The fourth-order valence-electron chi connectivity index (χ4n) is 1.02. The van der Waals surface area contributed by atoms with E-state index in [1.165, 1.54) is 7.11 Å². The molecule has 0 aliphatic carbocycles. The lowest BCUT2D eigenvalue weighted by atomic mass is 10.2. The monoisotopic (exact) mass is 192 g/mol. The van der Waals surface area contributed by atoms with E-state index in [-0.39, 0.29) is 12.8 Å². The number of ether oxygens (including phenoxy) is 1. The molecule has 1 heterocycles. The quantitative estimate of drug-likeness (QED) is 0.358. The van der Waals surface area contributed by atoms with Crippen LogP contribution in [0.1, 0.15) is 12.8 Å². The molecule has 68 valence electrons. The summed E-state index contributed by atoms with van der Waals surface area (Å²) in [6.07, 6.45) is 0.0226. The summed E-state index contributed by atoms with van der Waals surface area (Å²) >= 11 is 0. The summed E-state index contributed by atoms with van der Waals surface area (Å²) in [7, 11) is -0.969. The van der Waals surface area contributed by atoms with Crippen molar-refractivity contribution in [2.24, 2.45) is 0 Å². The van der Waals surface area contributed by atoms with Gasteiger partial charge in [-0.15, -0.1) is 0 Å². The molecule has 0 aromatic carbocycles. The fourth-order valence-corrected chi connectivity index (χ4v) is 2.02. The van der Waals surface area contributed by atoms with E-state index < -0.39 is 25.6 Å². The van der Waals surface area contributed by atoms with Crippen LogP contribution < -0.4 is 0 Å². The molecule has 5 nitrogen and oxygen atoms in total. The van der Waals surface area contributed by atoms with Crippen LogP contribution in [-0.2, 0) is 23.4 Å². The second-order valence-corrected chi connectivity index (χ2v) is 4.34. The smallest absolute Gasteiger partial charge is 0.314 e. The van der Waals surface area contributed by atoms with Crippen LogP contribution in [0.5, 0.6) is 0 Å². The topological polar surface area (TPSA) is 69.7 Å². The SMILES string of the molecule is CO[PH](=O)C1CC(=O)OC(=O)C1. The third-order valence-corrected chi connectivity index (χ3v) is 3.07. The van der Waals surface area contributed by atoms with Gasteiger partial charge in [-0.05, 0) is 0 Å². The van der Waals surface area contributed by atoms with Gasteiger partial charge in [0.15, 0.2) is 8.03 Å². The molecule has 0 aromatic heterocycles. The summed E-state index contributed by atoms with van der Waals surface area (Å²) in [5.74, 6) is -1.24. The molecule has 0 aromatic rings. The highest BCUT2D eigenvalue weighted by Gasteiger charge is 2.30. The summed E-state index contributed by atoms with van der Waals surface area (Å²) < 4.78 is 19.9. The standard InChI is InChI=1S/C6H9O5P/c1-10-12(9)4-2-5(7)11-6(8)3-4/h4,12H,2-3H2,1H3. The Labute approximate surface area is 69.9 Å². The van der Waals surface area contributed by atoms with Gasteiger partial charge in [-0.2, -0.15) is 0 Å². The average molecular weight is 192 g/mol. The molecule has 1 atom stereocenters. The van der Waals surface area contributed by atoms with Crippen LogP contribution in [0.3, 0.4) is 0 Å². The van der Waals surface area contributed by atoms with Gasteiger partial charge in [0.2, 0.25) is 0 Å². The number of rotatable bonds is 2. The first-order valence-electron chi connectivity index (χ1n) is 3.45. The fraction of sp³-hybridized carbons (Fsp3) is 0.667. The molecule has 0 radical (unpaired) electrons. The Morgan fingerprint density at radius 3 is 2.33 bits per heavy atom. The highest BCUT2D eigenvalue weighted by Crippen LogP contribution is 2.35. The maximum atomic E-state index is 11.1. The number of cyclic esters (lactones) is 2. The average Bonchev–Trinajstić information content (AvgIpc) is 2.01. The molecule has 6 heteroatoms. The van der Waals surface area contributed by atoms with E-state index >= 15 is 0 Å². The van der Waals surface area contributed by atoms with Crippen LogP contribution in [0, 0.1) is 0 Å². The number of esters is 2. The molecule has 1 fully saturated rings. The summed E-state index contributed by atoms with van der Waals surface area (Å²) in [5.41, 5.74) is -0.478. The second kappa shape index (κ2) is 3.83. The van der Waals surface area contributed by atoms with Crippen LogP contribution in [-0.4, -0.2) is 24.7 Å². The van der Waals surface area contributed by atoms with Crippen molar-refractivity contribution in [2.45, 2.75) is 18.5 Å². The predicted octanol–water partition coefficient (Wildman–Crippen LogP) is 0.340. The van der Waals surface area contributed by atoms with Gasteiger partial charge in [-0.1, -0.05) is 0 Å². The van der Waals surface area contributed by atoms with Crippen molar-refractivity contribution in [3.8, 4) is 0 Å². The van der Waals surface area contributed by atoms with Crippen LogP contribution in [0.4, 0.5) is 0 Å². The minimum atomic E-state index is -2.27. The molecular formula is C6H9O5P. The van der Waals surface area contributed by atoms with Gasteiger partial charge >= 0.3 is 11.9 Å². The molecule has 1 aliphatic heterocycles. The molecule has 1 saturated heterocycles. The van der Waals surface area contributed by atoms with Gasteiger partial charge in [-0.25, -0.2) is 0 Å². The van der Waals surface area contributed by atoms with Crippen LogP contribution >= 0.6 is 8.03 Å². The lowest BCUT2D eigenvalue weighted by Gasteiger charge is -2.17. The van der Waals surface area contributed by atoms with Gasteiger partial charge in [0.25, 0.3) is 0 Å². The Kier molecular flexibility index (Phi) is 3.00. The maximum Gasteiger partial charge on any atom is 0.314 e. The van der Waals surface area contributed by atoms with E-state index in [9.17, 15) is 14.2 Å². The van der Waals surface area contributed by atoms with Gasteiger partial charge in [-0.3, -0.25) is 14.2 Å². The Morgan fingerprint density at radius 2 is 1.92 bits per heavy atom.